The Labute approximate surface area is 127 Å². The number of fused-ring (bicyclic) bond motifs is 3. The number of carbonyl (C=O) groups is 2. The predicted octanol–water partition coefficient (Wildman–Crippen LogP) is 2.21. The average molecular weight is 300 g/mol. The summed E-state index contributed by atoms with van der Waals surface area (Å²) in [6, 6.07) is 5.63. The van der Waals surface area contributed by atoms with E-state index in [4.69, 9.17) is 14.2 Å². The van der Waals surface area contributed by atoms with E-state index in [1.807, 2.05) is 25.1 Å². The van der Waals surface area contributed by atoms with Gasteiger partial charge in [-0.25, -0.2) is 0 Å². The van der Waals surface area contributed by atoms with Gasteiger partial charge in [-0.05, 0) is 37.1 Å². The van der Waals surface area contributed by atoms with Crippen LogP contribution in [0.5, 0.6) is 11.5 Å². The third-order valence-corrected chi connectivity index (χ3v) is 4.91. The third-order valence-electron chi connectivity index (χ3n) is 4.91. The van der Waals surface area contributed by atoms with Crippen LogP contribution in [0, 0.1) is 11.3 Å². The molecule has 0 amide bonds. The molecular weight excluding hydrogens is 284 g/mol. The number of Topliss-reactive ketones (excluding diaryl/α,β-unsaturated/α-hetero) is 2. The first-order valence-corrected chi connectivity index (χ1v) is 7.28. The maximum absolute atomic E-state index is 12.6. The molecule has 0 spiro atoms. The fraction of sp³-hybridized carbons (Fsp3) is 0.412. The molecule has 1 aliphatic heterocycles. The maximum Gasteiger partial charge on any atom is 0.231 e. The summed E-state index contributed by atoms with van der Waals surface area (Å²) in [6.45, 7) is 2.08. The van der Waals surface area contributed by atoms with Gasteiger partial charge in [0.2, 0.25) is 12.6 Å². The Hall–Kier alpha value is -2.30. The van der Waals surface area contributed by atoms with Gasteiger partial charge in [-0.3, -0.25) is 9.59 Å². The highest BCUT2D eigenvalue weighted by Gasteiger charge is 2.56. The van der Waals surface area contributed by atoms with Gasteiger partial charge < -0.3 is 14.2 Å². The van der Waals surface area contributed by atoms with Gasteiger partial charge in [-0.15, -0.1) is 0 Å². The molecule has 114 valence electrons. The van der Waals surface area contributed by atoms with Crippen LogP contribution in [0.2, 0.25) is 0 Å². The van der Waals surface area contributed by atoms with E-state index < -0.39 is 11.3 Å². The monoisotopic (exact) mass is 300 g/mol. The fourth-order valence-corrected chi connectivity index (χ4v) is 3.77. The van der Waals surface area contributed by atoms with Gasteiger partial charge in [-0.1, -0.05) is 6.07 Å². The molecule has 0 saturated heterocycles. The Balaban J connectivity index is 1.76. The van der Waals surface area contributed by atoms with E-state index in [0.29, 0.717) is 23.7 Å². The van der Waals surface area contributed by atoms with Crippen molar-refractivity contribution in [1.29, 1.82) is 0 Å². The minimum atomic E-state index is -0.662. The highest BCUT2D eigenvalue weighted by molar-refractivity contribution is 6.16. The molecule has 1 fully saturated rings. The van der Waals surface area contributed by atoms with Gasteiger partial charge in [0.05, 0.1) is 13.0 Å². The van der Waals surface area contributed by atoms with Crippen molar-refractivity contribution in [2.75, 3.05) is 13.9 Å². The lowest BCUT2D eigenvalue weighted by Crippen LogP contribution is -2.35. The number of rotatable bonds is 2. The number of allylic oxidation sites excluding steroid dienone is 2. The van der Waals surface area contributed by atoms with Gasteiger partial charge in [0.1, 0.15) is 0 Å². The maximum atomic E-state index is 12.6. The molecule has 3 unspecified atom stereocenters. The van der Waals surface area contributed by atoms with Crippen LogP contribution in [0.4, 0.5) is 0 Å². The zero-order valence-corrected chi connectivity index (χ0v) is 12.4. The summed E-state index contributed by atoms with van der Waals surface area (Å²) in [5.74, 6) is 0.628. The summed E-state index contributed by atoms with van der Waals surface area (Å²) >= 11 is 0. The smallest absolute Gasteiger partial charge is 0.231 e. The third kappa shape index (κ3) is 1.65. The molecule has 1 saturated carbocycles. The summed E-state index contributed by atoms with van der Waals surface area (Å²) in [4.78, 5) is 25.1. The van der Waals surface area contributed by atoms with Gasteiger partial charge in [0.15, 0.2) is 23.0 Å². The van der Waals surface area contributed by atoms with Crippen molar-refractivity contribution in [3.05, 3.63) is 35.6 Å². The fourth-order valence-electron chi connectivity index (χ4n) is 3.77. The average Bonchev–Trinajstić information content (AvgIpc) is 3.04. The van der Waals surface area contributed by atoms with Crippen molar-refractivity contribution in [2.24, 2.45) is 11.3 Å². The van der Waals surface area contributed by atoms with Crippen LogP contribution in [0.1, 0.15) is 24.8 Å². The molecule has 2 aliphatic carbocycles. The first-order valence-electron chi connectivity index (χ1n) is 7.28. The van der Waals surface area contributed by atoms with Crippen molar-refractivity contribution in [3.8, 4) is 11.5 Å². The molecule has 3 atom stereocenters. The summed E-state index contributed by atoms with van der Waals surface area (Å²) in [6.07, 6.45) is 2.29. The van der Waals surface area contributed by atoms with Crippen molar-refractivity contribution < 1.29 is 23.8 Å². The lowest BCUT2D eigenvalue weighted by molar-refractivity contribution is -0.135. The molecule has 0 aromatic heterocycles. The normalized spacial score (nSPS) is 32.2. The van der Waals surface area contributed by atoms with E-state index in [-0.39, 0.29) is 24.3 Å². The Morgan fingerprint density at radius 1 is 1.23 bits per heavy atom. The molecule has 0 N–H and O–H groups in total. The molecular formula is C17H16O5. The second kappa shape index (κ2) is 4.35. The zero-order valence-electron chi connectivity index (χ0n) is 12.4. The van der Waals surface area contributed by atoms with Crippen LogP contribution in [-0.2, 0) is 14.3 Å². The molecule has 2 bridgehead atoms. The molecule has 22 heavy (non-hydrogen) atoms. The van der Waals surface area contributed by atoms with E-state index in [1.165, 1.54) is 7.11 Å². The van der Waals surface area contributed by atoms with Crippen LogP contribution in [0.25, 0.3) is 0 Å². The number of ketones is 2. The summed E-state index contributed by atoms with van der Waals surface area (Å²) in [5.41, 5.74) is 0.302. The molecule has 1 aromatic carbocycles. The largest absolute Gasteiger partial charge is 0.493 e. The number of carbonyl (C=O) groups excluding carboxylic acids is 2. The van der Waals surface area contributed by atoms with Gasteiger partial charge in [0, 0.05) is 11.3 Å². The molecule has 1 heterocycles. The van der Waals surface area contributed by atoms with E-state index in [9.17, 15) is 9.59 Å². The van der Waals surface area contributed by atoms with Gasteiger partial charge in [-0.2, -0.15) is 0 Å². The minimum absolute atomic E-state index is 0.0130. The number of hydrogen-bond acceptors (Lipinski definition) is 5. The second-order valence-corrected chi connectivity index (χ2v) is 6.26. The van der Waals surface area contributed by atoms with E-state index >= 15 is 0 Å². The number of benzene rings is 1. The quantitative estimate of drug-likeness (QED) is 0.784. The standard InChI is InChI=1S/C17H16O5/c1-17-6-10(9-3-4-11-12(5-9)22-8-21-11)14(16(17)19)15(18)13(7-17)20-2/h3-5,7,10,14H,6,8H2,1-2H3. The number of hydrogen-bond donors (Lipinski definition) is 0. The first kappa shape index (κ1) is 13.4. The lowest BCUT2D eigenvalue weighted by atomic mass is 9.79. The summed E-state index contributed by atoms with van der Waals surface area (Å²) in [7, 11) is 1.47. The van der Waals surface area contributed by atoms with Crippen LogP contribution in [0.15, 0.2) is 30.0 Å². The Morgan fingerprint density at radius 2 is 2.00 bits per heavy atom. The van der Waals surface area contributed by atoms with Crippen LogP contribution in [0.3, 0.4) is 0 Å². The van der Waals surface area contributed by atoms with Crippen LogP contribution >= 0.6 is 0 Å². The van der Waals surface area contributed by atoms with Crippen molar-refractivity contribution >= 4 is 11.6 Å². The Bertz CT molecular complexity index is 720. The van der Waals surface area contributed by atoms with E-state index in [0.717, 1.165) is 5.56 Å². The van der Waals surface area contributed by atoms with Crippen molar-refractivity contribution in [2.45, 2.75) is 19.3 Å². The summed E-state index contributed by atoms with van der Waals surface area (Å²) in [5, 5.41) is 0. The highest BCUT2D eigenvalue weighted by atomic mass is 16.7. The van der Waals surface area contributed by atoms with Gasteiger partial charge in [0.25, 0.3) is 0 Å². The predicted molar refractivity (Wildman–Crippen MR) is 76.6 cm³/mol. The molecule has 4 rings (SSSR count). The molecule has 1 aromatic rings. The van der Waals surface area contributed by atoms with Gasteiger partial charge >= 0.3 is 0 Å². The van der Waals surface area contributed by atoms with E-state index in [1.54, 1.807) is 6.08 Å². The zero-order chi connectivity index (χ0) is 15.5. The first-order chi connectivity index (χ1) is 10.5. The lowest BCUT2D eigenvalue weighted by Gasteiger charge is -2.24. The Morgan fingerprint density at radius 3 is 2.77 bits per heavy atom. The number of ether oxygens (including phenoxy) is 3. The van der Waals surface area contributed by atoms with Crippen molar-refractivity contribution in [3.63, 3.8) is 0 Å². The molecule has 3 aliphatic rings. The topological polar surface area (TPSA) is 61.8 Å². The minimum Gasteiger partial charge on any atom is -0.493 e. The van der Waals surface area contributed by atoms with Crippen molar-refractivity contribution in [1.82, 2.24) is 0 Å². The molecule has 0 radical (unpaired) electrons. The summed E-state index contributed by atoms with van der Waals surface area (Å²) < 4.78 is 15.9. The van der Waals surface area contributed by atoms with Crippen LogP contribution < -0.4 is 9.47 Å². The Kier molecular flexibility index (Phi) is 2.64. The number of methoxy groups -OCH3 is 1. The van der Waals surface area contributed by atoms with Crippen LogP contribution in [-0.4, -0.2) is 25.5 Å². The second-order valence-electron chi connectivity index (χ2n) is 6.26. The molecule has 5 heteroatoms. The SMILES string of the molecule is COC1=CC2(C)CC(c3ccc4c(c3)OCO4)C(C1=O)C2=O. The molecule has 5 nitrogen and oxygen atoms in total. The highest BCUT2D eigenvalue weighted by Crippen LogP contribution is 2.53. The van der Waals surface area contributed by atoms with E-state index in [2.05, 4.69) is 0 Å².